The SMILES string of the molecule is CN1CCN(C(=O)C2CCCN(S(=O)(=O)c3ccccc3)C2)CC1.O=C(O)C(=O)O. The predicted molar refractivity (Wildman–Crippen MR) is 107 cm³/mol. The van der Waals surface area contributed by atoms with E-state index in [1.54, 1.807) is 30.3 Å². The van der Waals surface area contributed by atoms with E-state index in [1.807, 2.05) is 4.90 Å². The molecule has 166 valence electrons. The lowest BCUT2D eigenvalue weighted by Crippen LogP contribution is -2.52. The fraction of sp³-hybridized carbons (Fsp3) is 0.526. The van der Waals surface area contributed by atoms with Crippen LogP contribution in [0.2, 0.25) is 0 Å². The summed E-state index contributed by atoms with van der Waals surface area (Å²) in [5.41, 5.74) is 0. The van der Waals surface area contributed by atoms with Crippen molar-refractivity contribution in [3.8, 4) is 0 Å². The van der Waals surface area contributed by atoms with Crippen LogP contribution >= 0.6 is 0 Å². The summed E-state index contributed by atoms with van der Waals surface area (Å²) in [6.45, 7) is 4.01. The molecule has 0 bridgehead atoms. The van der Waals surface area contributed by atoms with Crippen molar-refractivity contribution in [1.29, 1.82) is 0 Å². The second kappa shape index (κ2) is 10.5. The van der Waals surface area contributed by atoms with Gasteiger partial charge in [-0.3, -0.25) is 4.79 Å². The molecule has 2 N–H and O–H groups in total. The van der Waals surface area contributed by atoms with E-state index >= 15 is 0 Å². The molecule has 1 atom stereocenters. The molecule has 11 heteroatoms. The highest BCUT2D eigenvalue weighted by Gasteiger charge is 2.35. The fourth-order valence-electron chi connectivity index (χ4n) is 3.39. The summed E-state index contributed by atoms with van der Waals surface area (Å²) >= 11 is 0. The Hall–Kier alpha value is -2.50. The monoisotopic (exact) mass is 441 g/mol. The number of benzene rings is 1. The molecule has 1 amide bonds. The summed E-state index contributed by atoms with van der Waals surface area (Å²) in [7, 11) is -1.46. The van der Waals surface area contributed by atoms with Crippen LogP contribution in [0, 0.1) is 5.92 Å². The molecule has 2 aliphatic rings. The van der Waals surface area contributed by atoms with Gasteiger partial charge in [-0.2, -0.15) is 4.31 Å². The Morgan fingerprint density at radius 2 is 1.50 bits per heavy atom. The molecular formula is C19H27N3O7S. The van der Waals surface area contributed by atoms with Crippen molar-refractivity contribution in [2.45, 2.75) is 17.7 Å². The molecule has 10 nitrogen and oxygen atoms in total. The first kappa shape index (κ1) is 23.8. The van der Waals surface area contributed by atoms with Crippen molar-refractivity contribution >= 4 is 27.9 Å². The first-order valence-corrected chi connectivity index (χ1v) is 11.1. The van der Waals surface area contributed by atoms with Crippen molar-refractivity contribution in [2.24, 2.45) is 5.92 Å². The number of piperidine rings is 1. The third kappa shape index (κ3) is 6.25. The second-order valence-corrected chi connectivity index (χ2v) is 9.19. The largest absolute Gasteiger partial charge is 0.473 e. The van der Waals surface area contributed by atoms with Crippen molar-refractivity contribution in [3.05, 3.63) is 30.3 Å². The first-order valence-electron chi connectivity index (χ1n) is 9.61. The maximum Gasteiger partial charge on any atom is 0.414 e. The zero-order valence-corrected chi connectivity index (χ0v) is 17.6. The number of carbonyl (C=O) groups is 3. The topological polar surface area (TPSA) is 136 Å². The molecule has 0 radical (unpaired) electrons. The van der Waals surface area contributed by atoms with Crippen LogP contribution in [0.1, 0.15) is 12.8 Å². The normalized spacial score (nSPS) is 20.7. The van der Waals surface area contributed by atoms with Gasteiger partial charge in [0.25, 0.3) is 0 Å². The number of carboxylic acid groups (broad SMARTS) is 2. The Kier molecular flexibility index (Phi) is 8.33. The average molecular weight is 442 g/mol. The molecule has 2 heterocycles. The minimum atomic E-state index is -3.51. The standard InChI is InChI=1S/C17H25N3O3S.C2H2O4/c1-18-10-12-19(13-11-18)17(21)15-6-5-9-20(14-15)24(22,23)16-7-3-2-4-8-16;3-1(4)2(5)6/h2-4,7-8,15H,5-6,9-14H2,1H3;(H,3,4)(H,5,6). The van der Waals surface area contributed by atoms with Gasteiger partial charge < -0.3 is 20.0 Å². The number of piperazine rings is 1. The van der Waals surface area contributed by atoms with Crippen molar-refractivity contribution in [3.63, 3.8) is 0 Å². The number of amides is 1. The van der Waals surface area contributed by atoms with Gasteiger partial charge in [0.2, 0.25) is 15.9 Å². The van der Waals surface area contributed by atoms with E-state index in [4.69, 9.17) is 19.8 Å². The van der Waals surface area contributed by atoms with Crippen LogP contribution in [-0.4, -0.2) is 96.9 Å². The van der Waals surface area contributed by atoms with Gasteiger partial charge in [0.1, 0.15) is 0 Å². The molecule has 0 aromatic heterocycles. The van der Waals surface area contributed by atoms with Crippen LogP contribution in [0.4, 0.5) is 0 Å². The van der Waals surface area contributed by atoms with Crippen molar-refractivity contribution < 1.29 is 33.0 Å². The Morgan fingerprint density at radius 3 is 2.03 bits per heavy atom. The third-order valence-electron chi connectivity index (χ3n) is 5.11. The molecule has 30 heavy (non-hydrogen) atoms. The Balaban J connectivity index is 0.000000469. The van der Waals surface area contributed by atoms with Gasteiger partial charge >= 0.3 is 11.9 Å². The minimum absolute atomic E-state index is 0.107. The van der Waals surface area contributed by atoms with Crippen molar-refractivity contribution in [1.82, 2.24) is 14.1 Å². The van der Waals surface area contributed by atoms with Gasteiger partial charge in [-0.15, -0.1) is 0 Å². The second-order valence-electron chi connectivity index (χ2n) is 7.25. The number of nitrogens with zero attached hydrogens (tertiary/aromatic N) is 3. The lowest BCUT2D eigenvalue weighted by Gasteiger charge is -2.37. The first-order chi connectivity index (χ1) is 14.1. The lowest BCUT2D eigenvalue weighted by molar-refractivity contribution is -0.159. The number of sulfonamides is 1. The molecule has 2 saturated heterocycles. The summed E-state index contributed by atoms with van der Waals surface area (Å²) in [5.74, 6) is -3.76. The van der Waals surface area contributed by atoms with E-state index in [1.165, 1.54) is 4.31 Å². The van der Waals surface area contributed by atoms with Gasteiger partial charge in [-0.1, -0.05) is 18.2 Å². The number of hydrogen-bond donors (Lipinski definition) is 2. The molecule has 3 rings (SSSR count). The van der Waals surface area contributed by atoms with E-state index in [0.29, 0.717) is 18.0 Å². The van der Waals surface area contributed by atoms with Crippen LogP contribution in [0.25, 0.3) is 0 Å². The highest BCUT2D eigenvalue weighted by molar-refractivity contribution is 7.89. The molecule has 1 aromatic rings. The number of carboxylic acids is 2. The molecular weight excluding hydrogens is 414 g/mol. The quantitative estimate of drug-likeness (QED) is 0.627. The highest BCUT2D eigenvalue weighted by Crippen LogP contribution is 2.25. The van der Waals surface area contributed by atoms with E-state index in [2.05, 4.69) is 11.9 Å². The van der Waals surface area contributed by atoms with Gasteiger partial charge in [-0.05, 0) is 32.0 Å². The Labute approximate surface area is 175 Å². The highest BCUT2D eigenvalue weighted by atomic mass is 32.2. The average Bonchev–Trinajstić information content (AvgIpc) is 2.75. The predicted octanol–water partition coefficient (Wildman–Crippen LogP) is 0.0169. The minimum Gasteiger partial charge on any atom is -0.473 e. The molecule has 2 fully saturated rings. The van der Waals surface area contributed by atoms with Gasteiger partial charge in [0, 0.05) is 39.3 Å². The fourth-order valence-corrected chi connectivity index (χ4v) is 4.93. The molecule has 0 spiro atoms. The molecule has 0 saturated carbocycles. The van der Waals surface area contributed by atoms with E-state index in [0.717, 1.165) is 39.0 Å². The summed E-state index contributed by atoms with van der Waals surface area (Å²) in [6.07, 6.45) is 1.50. The van der Waals surface area contributed by atoms with Crippen LogP contribution in [-0.2, 0) is 24.4 Å². The van der Waals surface area contributed by atoms with Crippen LogP contribution in [0.15, 0.2) is 35.2 Å². The molecule has 1 unspecified atom stereocenters. The lowest BCUT2D eigenvalue weighted by atomic mass is 9.98. The number of aliphatic carboxylic acids is 2. The zero-order valence-electron chi connectivity index (χ0n) is 16.8. The van der Waals surface area contributed by atoms with Crippen molar-refractivity contribution in [2.75, 3.05) is 46.3 Å². The Morgan fingerprint density at radius 1 is 0.933 bits per heavy atom. The third-order valence-corrected chi connectivity index (χ3v) is 6.99. The molecule has 1 aromatic carbocycles. The van der Waals surface area contributed by atoms with Crippen LogP contribution < -0.4 is 0 Å². The summed E-state index contributed by atoms with van der Waals surface area (Å²) < 4.78 is 27.0. The maximum absolute atomic E-state index is 12.8. The van der Waals surface area contributed by atoms with Gasteiger partial charge in [0.15, 0.2) is 0 Å². The maximum atomic E-state index is 12.8. The number of carbonyl (C=O) groups excluding carboxylic acids is 1. The summed E-state index contributed by atoms with van der Waals surface area (Å²) in [6, 6.07) is 8.48. The smallest absolute Gasteiger partial charge is 0.414 e. The van der Waals surface area contributed by atoms with E-state index in [9.17, 15) is 13.2 Å². The molecule has 2 aliphatic heterocycles. The zero-order chi connectivity index (χ0) is 22.3. The van der Waals surface area contributed by atoms with Crippen LogP contribution in [0.5, 0.6) is 0 Å². The molecule has 0 aliphatic carbocycles. The van der Waals surface area contributed by atoms with Crippen LogP contribution in [0.3, 0.4) is 0 Å². The number of hydrogen-bond acceptors (Lipinski definition) is 6. The Bertz CT molecular complexity index is 840. The summed E-state index contributed by atoms with van der Waals surface area (Å²) in [5, 5.41) is 14.8. The number of likely N-dealkylation sites (N-methyl/N-ethyl adjacent to an activating group) is 1. The summed E-state index contributed by atoms with van der Waals surface area (Å²) in [4.78, 5) is 35.4. The van der Waals surface area contributed by atoms with Gasteiger partial charge in [-0.25, -0.2) is 18.0 Å². The number of rotatable bonds is 3. The van der Waals surface area contributed by atoms with Gasteiger partial charge in [0.05, 0.1) is 10.8 Å². The van der Waals surface area contributed by atoms with E-state index in [-0.39, 0.29) is 11.8 Å². The van der Waals surface area contributed by atoms with E-state index < -0.39 is 22.0 Å².